The maximum atomic E-state index is 13.0. The fourth-order valence-corrected chi connectivity index (χ4v) is 5.34. The molecule has 0 spiro atoms. The van der Waals surface area contributed by atoms with Crippen LogP contribution in [0, 0.1) is 17.8 Å². The zero-order valence-electron chi connectivity index (χ0n) is 19.5. The number of carbonyl (C=O) groups excluding carboxylic acids is 1. The highest BCUT2D eigenvalue weighted by atomic mass is 16.8. The molecule has 0 aromatic carbocycles. The van der Waals surface area contributed by atoms with Gasteiger partial charge in [-0.25, -0.2) is 4.79 Å². The lowest BCUT2D eigenvalue weighted by Gasteiger charge is -2.43. The van der Waals surface area contributed by atoms with Gasteiger partial charge in [0.25, 0.3) is 0 Å². The summed E-state index contributed by atoms with van der Waals surface area (Å²) < 4.78 is 27.4. The lowest BCUT2D eigenvalue weighted by atomic mass is 9.83. The van der Waals surface area contributed by atoms with Crippen molar-refractivity contribution in [2.75, 3.05) is 13.2 Å². The van der Waals surface area contributed by atoms with E-state index in [2.05, 4.69) is 0 Å². The molecule has 4 rings (SSSR count). The van der Waals surface area contributed by atoms with Crippen molar-refractivity contribution < 1.29 is 69.3 Å². The number of carbonyl (C=O) groups is 1. The summed E-state index contributed by atoms with van der Waals surface area (Å²) in [5, 5.41) is 79.1. The molecule has 1 saturated carbocycles. The molecule has 0 unspecified atom stereocenters. The van der Waals surface area contributed by atoms with Crippen molar-refractivity contribution in [2.45, 2.75) is 87.5 Å². The van der Waals surface area contributed by atoms with Crippen molar-refractivity contribution in [2.24, 2.45) is 17.8 Å². The molecular formula is C22H34O14. The maximum absolute atomic E-state index is 13.0. The number of ether oxygens (including phenoxy) is 5. The molecule has 2 saturated heterocycles. The minimum absolute atomic E-state index is 0.00588. The molecule has 14 atom stereocenters. The Kier molecular flexibility index (Phi) is 8.53. The molecule has 0 aromatic heterocycles. The number of aliphatic hydroxyl groups excluding tert-OH is 8. The topological polar surface area (TPSA) is 225 Å². The molecule has 3 heterocycles. The van der Waals surface area contributed by atoms with E-state index in [1.807, 2.05) is 6.92 Å². The van der Waals surface area contributed by atoms with Gasteiger partial charge in [0.15, 0.2) is 6.29 Å². The Bertz CT molecular complexity index is 804. The fourth-order valence-electron chi connectivity index (χ4n) is 5.34. The van der Waals surface area contributed by atoms with Gasteiger partial charge < -0.3 is 64.5 Å². The van der Waals surface area contributed by atoms with Crippen LogP contribution in [0.5, 0.6) is 0 Å². The lowest BCUT2D eigenvalue weighted by molar-refractivity contribution is -0.342. The van der Waals surface area contributed by atoms with E-state index >= 15 is 0 Å². The van der Waals surface area contributed by atoms with Gasteiger partial charge >= 0.3 is 5.97 Å². The molecule has 14 nitrogen and oxygen atoms in total. The molecular weight excluding hydrogens is 488 g/mol. The van der Waals surface area contributed by atoms with E-state index < -0.39 is 98.7 Å². The van der Waals surface area contributed by atoms with Gasteiger partial charge in [-0.1, -0.05) is 6.92 Å². The fraction of sp³-hybridized carbons (Fsp3) is 0.864. The molecule has 4 aliphatic rings. The van der Waals surface area contributed by atoms with Crippen LogP contribution in [0.2, 0.25) is 0 Å². The minimum Gasteiger partial charge on any atom is -0.472 e. The van der Waals surface area contributed by atoms with Crippen molar-refractivity contribution in [1.29, 1.82) is 0 Å². The van der Waals surface area contributed by atoms with E-state index in [0.717, 1.165) is 6.26 Å². The summed E-state index contributed by atoms with van der Waals surface area (Å²) in [5.74, 6) is -1.72. The number of rotatable bonds is 6. The number of fused-ring (bicyclic) bond motifs is 1. The van der Waals surface area contributed by atoms with Crippen LogP contribution in [0.25, 0.3) is 0 Å². The second-order valence-corrected chi connectivity index (χ2v) is 9.75. The van der Waals surface area contributed by atoms with Gasteiger partial charge in [0.1, 0.15) is 48.8 Å². The highest BCUT2D eigenvalue weighted by molar-refractivity contribution is 5.89. The van der Waals surface area contributed by atoms with E-state index in [1.165, 1.54) is 0 Å². The molecule has 206 valence electrons. The van der Waals surface area contributed by atoms with Crippen molar-refractivity contribution in [3.63, 3.8) is 0 Å². The average Bonchev–Trinajstić information content (AvgIpc) is 3.26. The second-order valence-electron chi connectivity index (χ2n) is 9.75. The molecule has 3 aliphatic heterocycles. The van der Waals surface area contributed by atoms with Crippen LogP contribution in [0.1, 0.15) is 19.8 Å². The van der Waals surface area contributed by atoms with Gasteiger partial charge in [-0.15, -0.1) is 0 Å². The smallest absolute Gasteiger partial charge is 0.339 e. The standard InChI is InChI=1S/C22H34O14/c1-7-2-3-8-9(19(31)35-21-17(29)15(27)13(25)10(4-23)33-21)6-32-20(12(7)8)36-22-18(30)16(28)14(26)11(5-24)34-22/h6-8,10-18,20-30H,2-5H2,1H3/t7-,8-,10-,11-,12-,13-,14-,15+,16+,17-,18-,20+,21+,22+/m1/s1. The zero-order chi connectivity index (χ0) is 26.3. The molecule has 0 radical (unpaired) electrons. The summed E-state index contributed by atoms with van der Waals surface area (Å²) >= 11 is 0. The average molecular weight is 523 g/mol. The van der Waals surface area contributed by atoms with E-state index in [9.17, 15) is 45.6 Å². The molecule has 0 aromatic rings. The second kappa shape index (κ2) is 11.1. The lowest BCUT2D eigenvalue weighted by Crippen LogP contribution is -2.60. The SMILES string of the molecule is C[C@@H]1CC[C@@H]2C(C(=O)O[C@@H]3O[C@H](CO)[C@@H](O)[C@H](O)[C@H]3O)=CO[C@@H](O[C@@H]3O[C@H](CO)[C@@H](O)[C@H](O)[C@H]3O)[C@H]12. The monoisotopic (exact) mass is 522 g/mol. The quantitative estimate of drug-likeness (QED) is 0.156. The maximum Gasteiger partial charge on any atom is 0.339 e. The highest BCUT2D eigenvalue weighted by Gasteiger charge is 2.52. The third kappa shape index (κ3) is 5.00. The Labute approximate surface area is 206 Å². The predicted octanol–water partition coefficient (Wildman–Crippen LogP) is -3.95. The molecule has 3 fully saturated rings. The largest absolute Gasteiger partial charge is 0.472 e. The number of aliphatic hydroxyl groups is 8. The Hall–Kier alpha value is -1.43. The van der Waals surface area contributed by atoms with E-state index in [0.29, 0.717) is 12.8 Å². The Balaban J connectivity index is 1.47. The van der Waals surface area contributed by atoms with Crippen molar-refractivity contribution >= 4 is 5.97 Å². The first kappa shape index (κ1) is 27.6. The van der Waals surface area contributed by atoms with Crippen LogP contribution in [0.3, 0.4) is 0 Å². The normalized spacial score (nSPS) is 49.1. The summed E-state index contributed by atoms with van der Waals surface area (Å²) in [6.45, 7) is 0.625. The van der Waals surface area contributed by atoms with Crippen LogP contribution < -0.4 is 0 Å². The van der Waals surface area contributed by atoms with Crippen LogP contribution in [0.4, 0.5) is 0 Å². The number of esters is 1. The van der Waals surface area contributed by atoms with E-state index in [-0.39, 0.29) is 11.5 Å². The van der Waals surface area contributed by atoms with Crippen molar-refractivity contribution in [3.05, 3.63) is 11.8 Å². The van der Waals surface area contributed by atoms with Gasteiger partial charge in [0.05, 0.1) is 25.0 Å². The molecule has 1 aliphatic carbocycles. The highest BCUT2D eigenvalue weighted by Crippen LogP contribution is 2.47. The Morgan fingerprint density at radius 2 is 1.39 bits per heavy atom. The van der Waals surface area contributed by atoms with E-state index in [1.54, 1.807) is 0 Å². The predicted molar refractivity (Wildman–Crippen MR) is 113 cm³/mol. The summed E-state index contributed by atoms with van der Waals surface area (Å²) in [5.41, 5.74) is 0.120. The van der Waals surface area contributed by atoms with Gasteiger partial charge in [-0.3, -0.25) is 0 Å². The van der Waals surface area contributed by atoms with Crippen molar-refractivity contribution in [3.8, 4) is 0 Å². The Morgan fingerprint density at radius 1 is 0.833 bits per heavy atom. The van der Waals surface area contributed by atoms with Crippen LogP contribution >= 0.6 is 0 Å². The minimum atomic E-state index is -1.75. The van der Waals surface area contributed by atoms with Gasteiger partial charge in [0, 0.05) is 11.8 Å². The van der Waals surface area contributed by atoms with Crippen LogP contribution in [-0.2, 0) is 28.5 Å². The number of hydrogen-bond acceptors (Lipinski definition) is 14. The summed E-state index contributed by atoms with van der Waals surface area (Å²) in [6.07, 6.45) is -13.9. The molecule has 0 bridgehead atoms. The summed E-state index contributed by atoms with van der Waals surface area (Å²) in [7, 11) is 0. The van der Waals surface area contributed by atoms with Crippen LogP contribution in [0.15, 0.2) is 11.8 Å². The molecule has 8 N–H and O–H groups in total. The third-order valence-electron chi connectivity index (χ3n) is 7.52. The van der Waals surface area contributed by atoms with Gasteiger partial charge in [0.2, 0.25) is 12.6 Å². The first-order valence-corrected chi connectivity index (χ1v) is 11.9. The molecule has 14 heteroatoms. The summed E-state index contributed by atoms with van der Waals surface area (Å²) in [4.78, 5) is 13.0. The third-order valence-corrected chi connectivity index (χ3v) is 7.52. The van der Waals surface area contributed by atoms with Gasteiger partial charge in [-0.2, -0.15) is 0 Å². The summed E-state index contributed by atoms with van der Waals surface area (Å²) in [6, 6.07) is 0. The Morgan fingerprint density at radius 3 is 1.97 bits per heavy atom. The van der Waals surface area contributed by atoms with Crippen molar-refractivity contribution in [1.82, 2.24) is 0 Å². The molecule has 0 amide bonds. The first-order chi connectivity index (χ1) is 17.1. The number of hydrogen-bond donors (Lipinski definition) is 8. The first-order valence-electron chi connectivity index (χ1n) is 11.9. The van der Waals surface area contributed by atoms with E-state index in [4.69, 9.17) is 23.7 Å². The van der Waals surface area contributed by atoms with Crippen LogP contribution in [-0.4, -0.2) is 128 Å². The molecule has 36 heavy (non-hydrogen) atoms. The zero-order valence-corrected chi connectivity index (χ0v) is 19.5. The van der Waals surface area contributed by atoms with Gasteiger partial charge in [-0.05, 0) is 18.8 Å².